The number of aryl methyl sites for hydroxylation is 1. The first kappa shape index (κ1) is 20.6. The van der Waals surface area contributed by atoms with Gasteiger partial charge in [-0.25, -0.2) is 0 Å². The summed E-state index contributed by atoms with van der Waals surface area (Å²) in [6.45, 7) is 5.49. The van der Waals surface area contributed by atoms with Crippen molar-refractivity contribution in [3.63, 3.8) is 0 Å². The lowest BCUT2D eigenvalue weighted by molar-refractivity contribution is -0.147. The Hall–Kier alpha value is -1.76. The van der Waals surface area contributed by atoms with Gasteiger partial charge in [0.05, 0.1) is 13.2 Å². The molecule has 1 aromatic heterocycles. The van der Waals surface area contributed by atoms with Gasteiger partial charge >= 0.3 is 0 Å². The number of piperidine rings is 1. The number of fused-ring (bicyclic) bond motifs is 1. The fraction of sp³-hybridized carbons (Fsp3) is 0.526. The SMILES string of the molecule is COc1ccc2oc(C(C)NC(=O)C3(OC)CCNCC3)c(C)c2c1.Cl. The third kappa shape index (κ3) is 3.68. The molecular weight excluding hydrogens is 356 g/mol. The van der Waals surface area contributed by atoms with E-state index in [0.717, 1.165) is 41.1 Å². The van der Waals surface area contributed by atoms with Crippen LogP contribution in [0.25, 0.3) is 11.0 Å². The lowest BCUT2D eigenvalue weighted by Crippen LogP contribution is -2.54. The third-order valence-electron chi connectivity index (χ3n) is 5.14. The highest BCUT2D eigenvalue weighted by atomic mass is 35.5. The van der Waals surface area contributed by atoms with Crippen LogP contribution in [0.2, 0.25) is 0 Å². The smallest absolute Gasteiger partial charge is 0.252 e. The van der Waals surface area contributed by atoms with Crippen LogP contribution in [0.3, 0.4) is 0 Å². The van der Waals surface area contributed by atoms with Gasteiger partial charge in [0.1, 0.15) is 22.7 Å². The number of halogens is 1. The molecule has 1 fully saturated rings. The van der Waals surface area contributed by atoms with Crippen molar-refractivity contribution in [2.24, 2.45) is 0 Å². The van der Waals surface area contributed by atoms with Gasteiger partial charge in [-0.3, -0.25) is 4.79 Å². The van der Waals surface area contributed by atoms with E-state index >= 15 is 0 Å². The van der Waals surface area contributed by atoms with Gasteiger partial charge in [0.2, 0.25) is 0 Å². The van der Waals surface area contributed by atoms with Gasteiger partial charge in [0.25, 0.3) is 5.91 Å². The zero-order chi connectivity index (χ0) is 18.0. The Morgan fingerprint density at radius 3 is 2.62 bits per heavy atom. The molecule has 1 saturated heterocycles. The van der Waals surface area contributed by atoms with Crippen LogP contribution in [0.15, 0.2) is 22.6 Å². The Bertz CT molecular complexity index is 768. The molecule has 1 aromatic carbocycles. The van der Waals surface area contributed by atoms with E-state index < -0.39 is 5.60 Å². The predicted octanol–water partition coefficient (Wildman–Crippen LogP) is 3.12. The lowest BCUT2D eigenvalue weighted by atomic mass is 9.90. The summed E-state index contributed by atoms with van der Waals surface area (Å²) in [4.78, 5) is 12.8. The number of benzene rings is 1. The quantitative estimate of drug-likeness (QED) is 0.831. The first-order chi connectivity index (χ1) is 12.0. The molecule has 2 heterocycles. The van der Waals surface area contributed by atoms with Crippen LogP contribution in [0.4, 0.5) is 0 Å². The summed E-state index contributed by atoms with van der Waals surface area (Å²) in [5.41, 5.74) is 1.04. The van der Waals surface area contributed by atoms with E-state index in [1.165, 1.54) is 0 Å². The highest BCUT2D eigenvalue weighted by Gasteiger charge is 2.40. The number of methoxy groups -OCH3 is 2. The molecule has 1 unspecified atom stereocenters. The van der Waals surface area contributed by atoms with Gasteiger partial charge in [-0.15, -0.1) is 12.4 Å². The Morgan fingerprint density at radius 2 is 2.00 bits per heavy atom. The molecule has 144 valence electrons. The number of ether oxygens (including phenoxy) is 2. The fourth-order valence-corrected chi connectivity index (χ4v) is 3.51. The zero-order valence-corrected chi connectivity index (χ0v) is 16.5. The molecular formula is C19H27ClN2O4. The fourth-order valence-electron chi connectivity index (χ4n) is 3.51. The normalized spacial score (nSPS) is 17.4. The van der Waals surface area contributed by atoms with Crippen molar-refractivity contribution in [3.8, 4) is 5.75 Å². The molecule has 26 heavy (non-hydrogen) atoms. The van der Waals surface area contributed by atoms with Crippen LogP contribution >= 0.6 is 12.4 Å². The van der Waals surface area contributed by atoms with E-state index in [9.17, 15) is 4.79 Å². The molecule has 1 aliphatic heterocycles. The maximum Gasteiger partial charge on any atom is 0.252 e. The van der Waals surface area contributed by atoms with Crippen molar-refractivity contribution in [2.45, 2.75) is 38.3 Å². The minimum Gasteiger partial charge on any atom is -0.497 e. The van der Waals surface area contributed by atoms with E-state index in [4.69, 9.17) is 13.9 Å². The second kappa shape index (κ2) is 8.29. The molecule has 1 atom stereocenters. The Kier molecular flexibility index (Phi) is 6.55. The van der Waals surface area contributed by atoms with E-state index in [1.807, 2.05) is 32.0 Å². The number of nitrogens with one attached hydrogen (secondary N) is 2. The summed E-state index contributed by atoms with van der Waals surface area (Å²) in [7, 11) is 3.25. The number of hydrogen-bond acceptors (Lipinski definition) is 5. The first-order valence-corrected chi connectivity index (χ1v) is 8.64. The maximum absolute atomic E-state index is 12.8. The number of hydrogen-bond donors (Lipinski definition) is 2. The minimum absolute atomic E-state index is 0. The third-order valence-corrected chi connectivity index (χ3v) is 5.14. The molecule has 0 radical (unpaired) electrons. The minimum atomic E-state index is -0.761. The molecule has 3 rings (SSSR count). The first-order valence-electron chi connectivity index (χ1n) is 8.64. The number of carbonyl (C=O) groups is 1. The monoisotopic (exact) mass is 382 g/mol. The average Bonchev–Trinajstić information content (AvgIpc) is 2.98. The standard InChI is InChI=1S/C19H26N2O4.ClH/c1-12-15-11-14(23-3)5-6-16(15)25-17(12)13(2)21-18(22)19(24-4)7-9-20-10-8-19;/h5-6,11,13,20H,7-10H2,1-4H3,(H,21,22);1H. The van der Waals surface area contributed by atoms with Gasteiger partial charge in [0, 0.05) is 18.1 Å². The number of amides is 1. The summed E-state index contributed by atoms with van der Waals surface area (Å²) in [6.07, 6.45) is 1.33. The Balaban J connectivity index is 0.00000243. The summed E-state index contributed by atoms with van der Waals surface area (Å²) < 4.78 is 16.9. The number of furan rings is 1. The van der Waals surface area contributed by atoms with E-state index in [1.54, 1.807) is 14.2 Å². The Labute approximate surface area is 160 Å². The van der Waals surface area contributed by atoms with Gasteiger partial charge in [-0.1, -0.05) is 0 Å². The van der Waals surface area contributed by atoms with Crippen molar-refractivity contribution in [1.29, 1.82) is 0 Å². The molecule has 0 spiro atoms. The number of rotatable bonds is 5. The molecule has 0 saturated carbocycles. The summed E-state index contributed by atoms with van der Waals surface area (Å²) in [5, 5.41) is 7.33. The van der Waals surface area contributed by atoms with Crippen LogP contribution in [-0.4, -0.2) is 38.8 Å². The second-order valence-corrected chi connectivity index (χ2v) is 6.60. The molecule has 0 bridgehead atoms. The van der Waals surface area contributed by atoms with Crippen LogP contribution in [-0.2, 0) is 9.53 Å². The lowest BCUT2D eigenvalue weighted by Gasteiger charge is -2.35. The number of carbonyl (C=O) groups excluding carboxylic acids is 1. The van der Waals surface area contributed by atoms with Crippen molar-refractivity contribution in [1.82, 2.24) is 10.6 Å². The van der Waals surface area contributed by atoms with E-state index in [-0.39, 0.29) is 24.4 Å². The zero-order valence-electron chi connectivity index (χ0n) is 15.7. The molecule has 1 amide bonds. The predicted molar refractivity (Wildman–Crippen MR) is 103 cm³/mol. The van der Waals surface area contributed by atoms with Crippen LogP contribution in [0.1, 0.15) is 37.1 Å². The van der Waals surface area contributed by atoms with Crippen LogP contribution in [0.5, 0.6) is 5.75 Å². The molecule has 2 N–H and O–H groups in total. The van der Waals surface area contributed by atoms with Crippen molar-refractivity contribution >= 4 is 29.3 Å². The van der Waals surface area contributed by atoms with Crippen LogP contribution in [0, 0.1) is 6.92 Å². The van der Waals surface area contributed by atoms with Gasteiger partial charge in [-0.05, 0) is 58.0 Å². The largest absolute Gasteiger partial charge is 0.497 e. The molecule has 1 aliphatic rings. The van der Waals surface area contributed by atoms with E-state index in [2.05, 4.69) is 10.6 Å². The van der Waals surface area contributed by atoms with Crippen LogP contribution < -0.4 is 15.4 Å². The van der Waals surface area contributed by atoms with Gasteiger partial charge in [0.15, 0.2) is 0 Å². The van der Waals surface area contributed by atoms with Gasteiger partial charge < -0.3 is 24.5 Å². The van der Waals surface area contributed by atoms with Crippen molar-refractivity contribution in [2.75, 3.05) is 27.3 Å². The average molecular weight is 383 g/mol. The molecule has 2 aromatic rings. The Morgan fingerprint density at radius 1 is 1.31 bits per heavy atom. The van der Waals surface area contributed by atoms with Crippen molar-refractivity contribution in [3.05, 3.63) is 29.5 Å². The molecule has 7 heteroatoms. The summed E-state index contributed by atoms with van der Waals surface area (Å²) in [6, 6.07) is 5.47. The topological polar surface area (TPSA) is 72.7 Å². The maximum atomic E-state index is 12.8. The highest BCUT2D eigenvalue weighted by Crippen LogP contribution is 2.32. The van der Waals surface area contributed by atoms with Gasteiger partial charge in [-0.2, -0.15) is 0 Å². The molecule has 0 aliphatic carbocycles. The van der Waals surface area contributed by atoms with E-state index in [0.29, 0.717) is 12.8 Å². The summed E-state index contributed by atoms with van der Waals surface area (Å²) >= 11 is 0. The summed E-state index contributed by atoms with van der Waals surface area (Å²) in [5.74, 6) is 1.46. The molecule has 6 nitrogen and oxygen atoms in total. The highest BCUT2D eigenvalue weighted by molar-refractivity contribution is 5.87. The van der Waals surface area contributed by atoms with Crippen molar-refractivity contribution < 1.29 is 18.7 Å². The second-order valence-electron chi connectivity index (χ2n) is 6.60.